The van der Waals surface area contributed by atoms with Gasteiger partial charge in [-0.25, -0.2) is 4.98 Å². The van der Waals surface area contributed by atoms with Crippen molar-refractivity contribution in [3.63, 3.8) is 0 Å². The topological polar surface area (TPSA) is 30.3 Å². The molecule has 4 nitrogen and oxygen atoms in total. The third kappa shape index (κ3) is 11.4. The fourth-order valence-electron chi connectivity index (χ4n) is 5.11. The first-order valence-corrected chi connectivity index (χ1v) is 15.4. The summed E-state index contributed by atoms with van der Waals surface area (Å²) in [4.78, 5) is 7.76. The molecule has 0 amide bonds. The number of benzene rings is 2. The molecule has 0 saturated heterocycles. The minimum Gasteiger partial charge on any atom is -0.496 e. The molecule has 228 valence electrons. The van der Waals surface area contributed by atoms with Gasteiger partial charge in [-0.2, -0.15) is 0 Å². The average molecular weight is 570 g/mol. The van der Waals surface area contributed by atoms with E-state index in [1.54, 1.807) is 7.11 Å². The van der Waals surface area contributed by atoms with Crippen molar-refractivity contribution in [3.05, 3.63) is 95.3 Å². The minimum atomic E-state index is 0.806. The Hall–Kier alpha value is -3.55. The highest BCUT2D eigenvalue weighted by molar-refractivity contribution is 5.57. The molecule has 0 unspecified atom stereocenters. The summed E-state index contributed by atoms with van der Waals surface area (Å²) in [6, 6.07) is 15.2. The zero-order valence-electron chi connectivity index (χ0n) is 27.5. The minimum absolute atomic E-state index is 0.806. The third-order valence-corrected chi connectivity index (χ3v) is 7.22. The summed E-state index contributed by atoms with van der Waals surface area (Å²) in [7, 11) is 1.76. The maximum absolute atomic E-state index is 5.59. The highest BCUT2D eigenvalue weighted by Gasteiger charge is 2.19. The van der Waals surface area contributed by atoms with Gasteiger partial charge in [-0.15, -0.1) is 19.4 Å². The van der Waals surface area contributed by atoms with Gasteiger partial charge in [0.15, 0.2) is 0 Å². The Balaban J connectivity index is 0.00000135. The van der Waals surface area contributed by atoms with E-state index in [4.69, 9.17) is 9.72 Å². The van der Waals surface area contributed by atoms with Crippen LogP contribution < -0.4 is 4.74 Å². The highest BCUT2D eigenvalue weighted by Crippen LogP contribution is 2.27. The second-order valence-corrected chi connectivity index (χ2v) is 10.5. The standard InChI is InChI=1S/C32H45N3O.C4H8.C2H2/c1-7-10-19-34(24-27-22-25(4)31(36-6)26(5)23-27)21-18-30-29(15-9-3)33-32(35(30)20-11-8-2)28-16-13-12-14-17-28;1-3-4-2;1-2/h9,12-14,16-17,22-23H,3,7-8,10-11,15,18-21,24H2,1-2,4-6H3;3-4H,1-2H3;1-2H/b;4-3-;. The Labute approximate surface area is 257 Å². The number of methoxy groups -OCH3 is 1. The number of aryl methyl sites for hydroxylation is 2. The zero-order chi connectivity index (χ0) is 31.3. The number of ether oxygens (including phenoxy) is 1. The molecule has 1 aromatic heterocycles. The molecule has 0 fully saturated rings. The van der Waals surface area contributed by atoms with Gasteiger partial charge in [-0.1, -0.05) is 87.4 Å². The van der Waals surface area contributed by atoms with E-state index >= 15 is 0 Å². The van der Waals surface area contributed by atoms with Crippen molar-refractivity contribution in [3.8, 4) is 30.0 Å². The van der Waals surface area contributed by atoms with E-state index in [0.717, 1.165) is 57.0 Å². The van der Waals surface area contributed by atoms with E-state index in [0.29, 0.717) is 0 Å². The number of imidazole rings is 1. The number of unbranched alkanes of at least 4 members (excludes halogenated alkanes) is 2. The maximum Gasteiger partial charge on any atom is 0.140 e. The first-order valence-electron chi connectivity index (χ1n) is 15.4. The van der Waals surface area contributed by atoms with Crippen molar-refractivity contribution < 1.29 is 4.74 Å². The number of hydrogen-bond acceptors (Lipinski definition) is 3. The van der Waals surface area contributed by atoms with Gasteiger partial charge < -0.3 is 9.30 Å². The molecule has 0 aliphatic heterocycles. The average Bonchev–Trinajstić information content (AvgIpc) is 3.35. The summed E-state index contributed by atoms with van der Waals surface area (Å²) in [5.41, 5.74) is 7.51. The lowest BCUT2D eigenvalue weighted by Gasteiger charge is -2.24. The van der Waals surface area contributed by atoms with Gasteiger partial charge in [0.2, 0.25) is 0 Å². The first-order chi connectivity index (χ1) is 20.4. The van der Waals surface area contributed by atoms with E-state index < -0.39 is 0 Å². The molecule has 1 heterocycles. The van der Waals surface area contributed by atoms with Crippen molar-refractivity contribution in [2.24, 2.45) is 0 Å². The van der Waals surface area contributed by atoms with E-state index in [-0.39, 0.29) is 0 Å². The molecule has 4 heteroatoms. The second kappa shape index (κ2) is 21.2. The summed E-state index contributed by atoms with van der Waals surface area (Å²) >= 11 is 0. The van der Waals surface area contributed by atoms with Crippen LogP contribution in [0.1, 0.15) is 81.5 Å². The molecular weight excluding hydrogens is 514 g/mol. The van der Waals surface area contributed by atoms with E-state index in [1.807, 2.05) is 32.1 Å². The summed E-state index contributed by atoms with van der Waals surface area (Å²) in [5, 5.41) is 0. The highest BCUT2D eigenvalue weighted by atomic mass is 16.5. The van der Waals surface area contributed by atoms with Crippen LogP contribution in [0.4, 0.5) is 0 Å². The van der Waals surface area contributed by atoms with E-state index in [1.165, 1.54) is 52.9 Å². The Morgan fingerprint density at radius 1 is 0.952 bits per heavy atom. The lowest BCUT2D eigenvalue weighted by atomic mass is 10.0. The molecule has 2 aromatic carbocycles. The Bertz CT molecular complexity index is 1190. The van der Waals surface area contributed by atoms with E-state index in [9.17, 15) is 0 Å². The van der Waals surface area contributed by atoms with Gasteiger partial charge >= 0.3 is 0 Å². The molecule has 0 aliphatic carbocycles. The van der Waals surface area contributed by atoms with Crippen LogP contribution in [-0.4, -0.2) is 34.7 Å². The third-order valence-electron chi connectivity index (χ3n) is 7.22. The summed E-state index contributed by atoms with van der Waals surface area (Å²) < 4.78 is 8.08. The van der Waals surface area contributed by atoms with Crippen LogP contribution in [0.2, 0.25) is 0 Å². The van der Waals surface area contributed by atoms with Crippen LogP contribution in [0.3, 0.4) is 0 Å². The normalized spacial score (nSPS) is 10.6. The van der Waals surface area contributed by atoms with Crippen LogP contribution in [0.5, 0.6) is 5.75 Å². The molecule has 42 heavy (non-hydrogen) atoms. The number of rotatable bonds is 15. The predicted molar refractivity (Wildman–Crippen MR) is 183 cm³/mol. The molecule has 0 N–H and O–H groups in total. The Kier molecular flexibility index (Phi) is 18.4. The van der Waals surface area contributed by atoms with Crippen LogP contribution in [0.25, 0.3) is 11.4 Å². The second-order valence-electron chi connectivity index (χ2n) is 10.5. The van der Waals surface area contributed by atoms with Crippen molar-refractivity contribution in [1.29, 1.82) is 0 Å². The number of terminal acetylenes is 1. The molecule has 3 aromatic rings. The fourth-order valence-corrected chi connectivity index (χ4v) is 5.11. The predicted octanol–water partition coefficient (Wildman–Crippen LogP) is 9.38. The summed E-state index contributed by atoms with van der Waals surface area (Å²) in [6.45, 7) is 20.9. The van der Waals surface area contributed by atoms with Crippen LogP contribution >= 0.6 is 0 Å². The smallest absolute Gasteiger partial charge is 0.140 e. The summed E-state index contributed by atoms with van der Waals surface area (Å²) in [6.07, 6.45) is 20.5. The van der Waals surface area contributed by atoms with Gasteiger partial charge in [0.1, 0.15) is 11.6 Å². The van der Waals surface area contributed by atoms with Crippen molar-refractivity contribution in [1.82, 2.24) is 14.5 Å². The molecule has 0 saturated carbocycles. The van der Waals surface area contributed by atoms with Crippen LogP contribution in [-0.2, 0) is 25.9 Å². The molecule has 0 radical (unpaired) electrons. The van der Waals surface area contributed by atoms with Crippen molar-refractivity contribution in [2.45, 2.75) is 93.2 Å². The Morgan fingerprint density at radius 3 is 2.10 bits per heavy atom. The molecular formula is C38H55N3O. The fraction of sp³-hybridized carbons (Fsp3) is 0.447. The number of allylic oxidation sites excluding steroid dienone is 3. The SMILES string of the molecule is C#C.C/C=C\C.C=CCc1nc(-c2ccccc2)n(CCCC)c1CCN(CCCC)Cc1cc(C)c(OC)c(C)c1. The van der Waals surface area contributed by atoms with Gasteiger partial charge in [0.25, 0.3) is 0 Å². The molecule has 0 bridgehead atoms. The monoisotopic (exact) mass is 569 g/mol. The van der Waals surface area contributed by atoms with Crippen LogP contribution in [0.15, 0.2) is 67.3 Å². The van der Waals surface area contributed by atoms with Gasteiger partial charge in [-0.05, 0) is 63.8 Å². The molecule has 0 spiro atoms. The van der Waals surface area contributed by atoms with Crippen LogP contribution in [0, 0.1) is 26.7 Å². The molecule has 3 rings (SSSR count). The lowest BCUT2D eigenvalue weighted by Crippen LogP contribution is -2.28. The van der Waals surface area contributed by atoms with Crippen molar-refractivity contribution in [2.75, 3.05) is 20.2 Å². The van der Waals surface area contributed by atoms with Gasteiger partial charge in [0.05, 0.1) is 12.8 Å². The molecule has 0 aliphatic rings. The first kappa shape index (κ1) is 36.5. The quantitative estimate of drug-likeness (QED) is 0.135. The Morgan fingerprint density at radius 2 is 1.57 bits per heavy atom. The largest absolute Gasteiger partial charge is 0.496 e. The van der Waals surface area contributed by atoms with E-state index in [2.05, 4.69) is 99.1 Å². The number of hydrogen-bond donors (Lipinski definition) is 0. The number of aromatic nitrogens is 2. The zero-order valence-corrected chi connectivity index (χ0v) is 27.5. The van der Waals surface area contributed by atoms with Gasteiger partial charge in [-0.3, -0.25) is 4.90 Å². The maximum atomic E-state index is 5.59. The summed E-state index contributed by atoms with van der Waals surface area (Å²) in [5.74, 6) is 2.10. The lowest BCUT2D eigenvalue weighted by molar-refractivity contribution is 0.262. The number of nitrogens with zero attached hydrogens (tertiary/aromatic N) is 3. The molecule has 0 atom stereocenters. The van der Waals surface area contributed by atoms with Gasteiger partial charge in [0, 0.05) is 43.7 Å². The van der Waals surface area contributed by atoms with Crippen molar-refractivity contribution >= 4 is 0 Å².